The Bertz CT molecular complexity index is 94.8. The molecule has 3 heteroatoms. The lowest BCUT2D eigenvalue weighted by molar-refractivity contribution is -0.870. The van der Waals surface area contributed by atoms with Gasteiger partial charge in [-0.15, -0.1) is 0 Å². The molecule has 0 bridgehead atoms. The first-order valence-electron chi connectivity index (χ1n) is 4.78. The number of likely N-dealkylation sites (N-methyl/N-ethyl adjacent to an activating group) is 1. The second kappa shape index (κ2) is 8.48. The molecule has 0 atom stereocenters. The third-order valence-electron chi connectivity index (χ3n) is 1.11. The fourth-order valence-electron chi connectivity index (χ4n) is 0.483. The number of ether oxygens (including phenoxy) is 1. The number of nitrogens with zero attached hydrogens (tertiary/aromatic N) is 2. The molecule has 3 nitrogen and oxygen atoms in total. The second-order valence-electron chi connectivity index (χ2n) is 4.55. The van der Waals surface area contributed by atoms with Crippen LogP contribution in [0.25, 0.3) is 0 Å². The van der Waals surface area contributed by atoms with E-state index in [4.69, 9.17) is 4.74 Å². The Morgan fingerprint density at radius 3 is 1.69 bits per heavy atom. The van der Waals surface area contributed by atoms with E-state index in [1.54, 1.807) is 0 Å². The van der Waals surface area contributed by atoms with Crippen LogP contribution in [0.1, 0.15) is 6.92 Å². The van der Waals surface area contributed by atoms with Crippen molar-refractivity contribution < 1.29 is 9.22 Å². The molecular weight excluding hydrogens is 164 g/mol. The molecule has 0 aliphatic rings. The number of quaternary nitrogens is 1. The molecule has 0 saturated heterocycles. The highest BCUT2D eigenvalue weighted by atomic mass is 16.5. The molecular formula is C10H27N2O+. The summed E-state index contributed by atoms with van der Waals surface area (Å²) in [5.41, 5.74) is 0. The normalized spacial score (nSPS) is 11.1. The monoisotopic (exact) mass is 191 g/mol. The summed E-state index contributed by atoms with van der Waals surface area (Å²) in [5.74, 6) is 0. The minimum Gasteiger partial charge on any atom is -0.376 e. The zero-order valence-electron chi connectivity index (χ0n) is 10.4. The van der Waals surface area contributed by atoms with E-state index in [2.05, 4.69) is 21.1 Å². The lowest BCUT2D eigenvalue weighted by Crippen LogP contribution is -2.37. The fourth-order valence-corrected chi connectivity index (χ4v) is 0.483. The average Bonchev–Trinajstić information content (AvgIpc) is 1.83. The molecule has 0 aliphatic carbocycles. The zero-order valence-corrected chi connectivity index (χ0v) is 10.4. The highest BCUT2D eigenvalue weighted by molar-refractivity contribution is 4.25. The maximum absolute atomic E-state index is 5.19. The maximum atomic E-state index is 5.19. The van der Waals surface area contributed by atoms with Crippen LogP contribution in [0.4, 0.5) is 0 Å². The maximum Gasteiger partial charge on any atom is 0.102 e. The van der Waals surface area contributed by atoms with Gasteiger partial charge in [-0.05, 0) is 28.1 Å². The molecule has 0 radical (unpaired) electrons. The Morgan fingerprint density at radius 2 is 1.46 bits per heavy atom. The summed E-state index contributed by atoms with van der Waals surface area (Å²) >= 11 is 0. The standard InChI is InChI=1S/C7H18NO.C3H9N/c1-5-9-7-6-8(2,3)4;1-4(2)3/h5-7H2,1-4H3;1-3H3/q+1;. The largest absolute Gasteiger partial charge is 0.376 e. The van der Waals surface area contributed by atoms with E-state index in [9.17, 15) is 0 Å². The van der Waals surface area contributed by atoms with Gasteiger partial charge < -0.3 is 14.1 Å². The van der Waals surface area contributed by atoms with Gasteiger partial charge in [0, 0.05) is 6.61 Å². The Kier molecular flexibility index (Phi) is 10.0. The second-order valence-corrected chi connectivity index (χ2v) is 4.55. The zero-order chi connectivity index (χ0) is 10.9. The first-order chi connectivity index (χ1) is 5.79. The van der Waals surface area contributed by atoms with Crippen molar-refractivity contribution in [2.24, 2.45) is 0 Å². The van der Waals surface area contributed by atoms with Crippen LogP contribution in [0.15, 0.2) is 0 Å². The Labute approximate surface area is 83.9 Å². The Morgan fingerprint density at radius 1 is 1.08 bits per heavy atom. The number of hydrogen-bond acceptors (Lipinski definition) is 2. The molecule has 0 fully saturated rings. The lowest BCUT2D eigenvalue weighted by atomic mass is 10.5. The van der Waals surface area contributed by atoms with E-state index in [1.165, 1.54) is 0 Å². The molecule has 0 spiro atoms. The van der Waals surface area contributed by atoms with Crippen LogP contribution in [-0.2, 0) is 4.74 Å². The SMILES string of the molecule is CCOCC[N+](C)(C)C.CN(C)C. The van der Waals surface area contributed by atoms with Gasteiger partial charge in [0.05, 0.1) is 27.7 Å². The first-order valence-corrected chi connectivity index (χ1v) is 4.78. The number of rotatable bonds is 4. The van der Waals surface area contributed by atoms with Gasteiger partial charge >= 0.3 is 0 Å². The van der Waals surface area contributed by atoms with Crippen LogP contribution in [0.5, 0.6) is 0 Å². The van der Waals surface area contributed by atoms with Gasteiger partial charge in [-0.25, -0.2) is 0 Å². The van der Waals surface area contributed by atoms with E-state index in [0.29, 0.717) is 0 Å². The van der Waals surface area contributed by atoms with Gasteiger partial charge in [-0.3, -0.25) is 0 Å². The summed E-state index contributed by atoms with van der Waals surface area (Å²) in [6.45, 7) is 4.82. The predicted octanol–water partition coefficient (Wildman–Crippen LogP) is 0.907. The van der Waals surface area contributed by atoms with Crippen molar-refractivity contribution in [3.05, 3.63) is 0 Å². The van der Waals surface area contributed by atoms with E-state index in [-0.39, 0.29) is 0 Å². The third kappa shape index (κ3) is 33.5. The van der Waals surface area contributed by atoms with E-state index >= 15 is 0 Å². The van der Waals surface area contributed by atoms with Gasteiger partial charge in [0.15, 0.2) is 0 Å². The quantitative estimate of drug-likeness (QED) is 0.484. The van der Waals surface area contributed by atoms with Gasteiger partial charge in [0.1, 0.15) is 6.54 Å². The van der Waals surface area contributed by atoms with Crippen LogP contribution < -0.4 is 0 Å². The predicted molar refractivity (Wildman–Crippen MR) is 59.0 cm³/mol. The summed E-state index contributed by atoms with van der Waals surface area (Å²) in [6.07, 6.45) is 0. The van der Waals surface area contributed by atoms with E-state index in [1.807, 2.05) is 33.0 Å². The molecule has 0 unspecified atom stereocenters. The summed E-state index contributed by atoms with van der Waals surface area (Å²) in [6, 6.07) is 0. The average molecular weight is 191 g/mol. The molecule has 0 aromatic carbocycles. The van der Waals surface area contributed by atoms with Crippen LogP contribution in [0.2, 0.25) is 0 Å². The molecule has 0 aromatic rings. The summed E-state index contributed by atoms with van der Waals surface area (Å²) in [5, 5.41) is 0. The van der Waals surface area contributed by atoms with Crippen LogP contribution >= 0.6 is 0 Å². The smallest absolute Gasteiger partial charge is 0.102 e. The van der Waals surface area contributed by atoms with Gasteiger partial charge in [-0.2, -0.15) is 0 Å². The van der Waals surface area contributed by atoms with Gasteiger partial charge in [0.25, 0.3) is 0 Å². The van der Waals surface area contributed by atoms with Crippen molar-refractivity contribution in [3.8, 4) is 0 Å². The van der Waals surface area contributed by atoms with Gasteiger partial charge in [0.2, 0.25) is 0 Å². The summed E-state index contributed by atoms with van der Waals surface area (Å²) in [7, 11) is 12.5. The molecule has 0 rings (SSSR count). The van der Waals surface area contributed by atoms with Crippen LogP contribution in [0, 0.1) is 0 Å². The van der Waals surface area contributed by atoms with Crippen molar-refractivity contribution in [1.29, 1.82) is 0 Å². The topological polar surface area (TPSA) is 12.5 Å². The minimum absolute atomic E-state index is 0.833. The first kappa shape index (κ1) is 15.4. The lowest BCUT2D eigenvalue weighted by Gasteiger charge is -2.23. The van der Waals surface area contributed by atoms with Crippen molar-refractivity contribution >= 4 is 0 Å². The molecule has 0 saturated carbocycles. The molecule has 82 valence electrons. The molecule has 0 N–H and O–H groups in total. The Balaban J connectivity index is 0. The van der Waals surface area contributed by atoms with Crippen molar-refractivity contribution in [3.63, 3.8) is 0 Å². The molecule has 0 aliphatic heterocycles. The summed E-state index contributed by atoms with van der Waals surface area (Å²) < 4.78 is 6.18. The van der Waals surface area contributed by atoms with Crippen molar-refractivity contribution in [2.45, 2.75) is 6.92 Å². The van der Waals surface area contributed by atoms with Gasteiger partial charge in [-0.1, -0.05) is 0 Å². The van der Waals surface area contributed by atoms with E-state index in [0.717, 1.165) is 24.2 Å². The molecule has 0 heterocycles. The van der Waals surface area contributed by atoms with Crippen LogP contribution in [0.3, 0.4) is 0 Å². The fraction of sp³-hybridized carbons (Fsp3) is 1.00. The Hall–Kier alpha value is -0.120. The number of hydrogen-bond donors (Lipinski definition) is 0. The molecule has 13 heavy (non-hydrogen) atoms. The van der Waals surface area contributed by atoms with Crippen molar-refractivity contribution in [1.82, 2.24) is 4.90 Å². The van der Waals surface area contributed by atoms with E-state index < -0.39 is 0 Å². The van der Waals surface area contributed by atoms with Crippen molar-refractivity contribution in [2.75, 3.05) is 62.0 Å². The van der Waals surface area contributed by atoms with Crippen LogP contribution in [-0.4, -0.2) is 71.4 Å². The summed E-state index contributed by atoms with van der Waals surface area (Å²) in [4.78, 5) is 2.00. The highest BCUT2D eigenvalue weighted by Crippen LogP contribution is 1.88. The molecule has 0 amide bonds. The highest BCUT2D eigenvalue weighted by Gasteiger charge is 2.04. The minimum atomic E-state index is 0.833. The molecule has 0 aromatic heterocycles. The third-order valence-corrected chi connectivity index (χ3v) is 1.11.